The fourth-order valence-electron chi connectivity index (χ4n) is 4.25. The van der Waals surface area contributed by atoms with Gasteiger partial charge in [-0.2, -0.15) is 0 Å². The Morgan fingerprint density at radius 3 is 3.00 bits per heavy atom. The third-order valence-corrected chi connectivity index (χ3v) is 5.62. The highest BCUT2D eigenvalue weighted by molar-refractivity contribution is 6.10. The van der Waals surface area contributed by atoms with Crippen molar-refractivity contribution in [1.82, 2.24) is 9.88 Å². The number of methoxy groups -OCH3 is 1. The minimum Gasteiger partial charge on any atom is -0.497 e. The van der Waals surface area contributed by atoms with Crippen molar-refractivity contribution in [2.45, 2.75) is 18.9 Å². The molecule has 0 saturated carbocycles. The van der Waals surface area contributed by atoms with Gasteiger partial charge in [0.15, 0.2) is 5.78 Å². The number of benzene rings is 1. The molecular weight excluding hydrogens is 300 g/mol. The third-order valence-electron chi connectivity index (χ3n) is 5.62. The number of rotatable bonds is 4. The number of aromatic nitrogens is 1. The van der Waals surface area contributed by atoms with Crippen molar-refractivity contribution < 1.29 is 9.53 Å². The topological polar surface area (TPSA) is 42.4 Å². The Morgan fingerprint density at radius 1 is 1.42 bits per heavy atom. The molecule has 4 nitrogen and oxygen atoms in total. The van der Waals surface area contributed by atoms with E-state index in [0.717, 1.165) is 41.7 Å². The van der Waals surface area contributed by atoms with Crippen LogP contribution in [-0.4, -0.2) is 41.9 Å². The van der Waals surface area contributed by atoms with Gasteiger partial charge < -0.3 is 4.74 Å². The van der Waals surface area contributed by atoms with Gasteiger partial charge in [0.05, 0.1) is 18.7 Å². The number of carbonyl (C=O) groups excluding carboxylic acids is 1. The van der Waals surface area contributed by atoms with Gasteiger partial charge in [-0.3, -0.25) is 14.7 Å². The zero-order valence-corrected chi connectivity index (χ0v) is 13.9. The molecule has 4 heterocycles. The van der Waals surface area contributed by atoms with E-state index in [1.807, 2.05) is 24.3 Å². The van der Waals surface area contributed by atoms with Crippen LogP contribution in [0.2, 0.25) is 0 Å². The summed E-state index contributed by atoms with van der Waals surface area (Å²) >= 11 is 0. The van der Waals surface area contributed by atoms with Crippen LogP contribution in [0.25, 0.3) is 10.9 Å². The predicted molar refractivity (Wildman–Crippen MR) is 94.4 cm³/mol. The lowest BCUT2D eigenvalue weighted by Gasteiger charge is -2.48. The smallest absolute Gasteiger partial charge is 0.180 e. The monoisotopic (exact) mass is 322 g/mol. The van der Waals surface area contributed by atoms with Gasteiger partial charge in [-0.05, 0) is 55.5 Å². The van der Waals surface area contributed by atoms with Crippen LogP contribution in [0.3, 0.4) is 0 Å². The highest BCUT2D eigenvalue weighted by Gasteiger charge is 2.42. The Kier molecular flexibility index (Phi) is 3.85. The SMILES string of the molecule is C=C[C@H]1CN2CCC1C[C@H]2C(=O)c1ccnc2ccc(OC)cc12. The standard InChI is InChI=1S/C20H22N2O2/c1-3-13-12-22-9-7-14(13)10-19(22)20(23)16-6-8-21-18-5-4-15(24-2)11-17(16)18/h3-6,8,11,13-14,19H,1,7,9-10,12H2,2H3/t13-,14?,19-/m0/s1. The summed E-state index contributed by atoms with van der Waals surface area (Å²) in [4.78, 5) is 20.0. The van der Waals surface area contributed by atoms with E-state index in [9.17, 15) is 4.79 Å². The van der Waals surface area contributed by atoms with Crippen molar-refractivity contribution in [2.24, 2.45) is 11.8 Å². The Balaban J connectivity index is 1.70. The van der Waals surface area contributed by atoms with Crippen molar-refractivity contribution in [2.75, 3.05) is 20.2 Å². The number of hydrogen-bond acceptors (Lipinski definition) is 4. The molecule has 2 bridgehead atoms. The number of carbonyl (C=O) groups is 1. The molecule has 3 aliphatic rings. The van der Waals surface area contributed by atoms with Crippen molar-refractivity contribution in [3.63, 3.8) is 0 Å². The summed E-state index contributed by atoms with van der Waals surface area (Å²) in [7, 11) is 1.64. The van der Waals surface area contributed by atoms with Gasteiger partial charge in [0.2, 0.25) is 0 Å². The lowest BCUT2D eigenvalue weighted by molar-refractivity contribution is 0.0205. The van der Waals surface area contributed by atoms with E-state index in [2.05, 4.69) is 22.5 Å². The second kappa shape index (κ2) is 6.02. The van der Waals surface area contributed by atoms with E-state index in [4.69, 9.17) is 4.74 Å². The first-order chi connectivity index (χ1) is 11.7. The molecule has 0 aliphatic carbocycles. The van der Waals surface area contributed by atoms with E-state index in [0.29, 0.717) is 11.8 Å². The van der Waals surface area contributed by atoms with Crippen LogP contribution in [0.1, 0.15) is 23.2 Å². The number of ether oxygens (including phenoxy) is 1. The fraction of sp³-hybridized carbons (Fsp3) is 0.400. The van der Waals surface area contributed by atoms with Gasteiger partial charge in [-0.1, -0.05) is 6.08 Å². The highest BCUT2D eigenvalue weighted by Crippen LogP contribution is 2.38. The number of pyridine rings is 1. The summed E-state index contributed by atoms with van der Waals surface area (Å²) in [5.41, 5.74) is 1.59. The van der Waals surface area contributed by atoms with Crippen molar-refractivity contribution in [3.8, 4) is 5.75 Å². The van der Waals surface area contributed by atoms with E-state index in [-0.39, 0.29) is 11.8 Å². The summed E-state index contributed by atoms with van der Waals surface area (Å²) < 4.78 is 5.32. The molecule has 124 valence electrons. The van der Waals surface area contributed by atoms with Crippen LogP contribution in [0.15, 0.2) is 43.1 Å². The summed E-state index contributed by atoms with van der Waals surface area (Å²) in [6.45, 7) is 5.92. The molecule has 2 unspecified atom stereocenters. The Hall–Kier alpha value is -2.20. The van der Waals surface area contributed by atoms with E-state index in [1.165, 1.54) is 6.42 Å². The van der Waals surface area contributed by atoms with Crippen LogP contribution in [0, 0.1) is 11.8 Å². The van der Waals surface area contributed by atoms with Crippen molar-refractivity contribution in [3.05, 3.63) is 48.7 Å². The molecule has 5 rings (SSSR count). The summed E-state index contributed by atoms with van der Waals surface area (Å²) in [6.07, 6.45) is 5.89. The second-order valence-electron chi connectivity index (χ2n) is 6.80. The maximum absolute atomic E-state index is 13.3. The summed E-state index contributed by atoms with van der Waals surface area (Å²) in [6, 6.07) is 7.53. The molecule has 0 spiro atoms. The van der Waals surface area contributed by atoms with Crippen LogP contribution in [-0.2, 0) is 0 Å². The maximum Gasteiger partial charge on any atom is 0.180 e. The first-order valence-corrected chi connectivity index (χ1v) is 8.55. The molecular formula is C20H22N2O2. The zero-order valence-electron chi connectivity index (χ0n) is 13.9. The second-order valence-corrected chi connectivity index (χ2v) is 6.80. The van der Waals surface area contributed by atoms with Crippen molar-refractivity contribution in [1.29, 1.82) is 0 Å². The number of piperidine rings is 3. The Labute approximate surface area is 142 Å². The Bertz CT molecular complexity index is 801. The van der Waals surface area contributed by atoms with Gasteiger partial charge >= 0.3 is 0 Å². The molecule has 0 amide bonds. The minimum atomic E-state index is -0.0169. The summed E-state index contributed by atoms with van der Waals surface area (Å²) in [5, 5.41) is 0.879. The largest absolute Gasteiger partial charge is 0.497 e. The first-order valence-electron chi connectivity index (χ1n) is 8.55. The molecule has 3 fully saturated rings. The molecule has 1 aromatic heterocycles. The number of hydrogen-bond donors (Lipinski definition) is 0. The van der Waals surface area contributed by atoms with Crippen LogP contribution in [0.4, 0.5) is 0 Å². The van der Waals surface area contributed by atoms with Gasteiger partial charge in [0.1, 0.15) is 5.75 Å². The minimum absolute atomic E-state index is 0.0169. The lowest BCUT2D eigenvalue weighted by atomic mass is 9.74. The zero-order chi connectivity index (χ0) is 16.7. The van der Waals surface area contributed by atoms with Crippen LogP contribution >= 0.6 is 0 Å². The quantitative estimate of drug-likeness (QED) is 0.640. The Morgan fingerprint density at radius 2 is 2.29 bits per heavy atom. The van der Waals surface area contributed by atoms with E-state index < -0.39 is 0 Å². The molecule has 0 N–H and O–H groups in total. The highest BCUT2D eigenvalue weighted by atomic mass is 16.5. The molecule has 4 atom stereocenters. The number of nitrogens with zero attached hydrogens (tertiary/aromatic N) is 2. The molecule has 0 radical (unpaired) electrons. The van der Waals surface area contributed by atoms with Crippen LogP contribution in [0.5, 0.6) is 5.75 Å². The van der Waals surface area contributed by atoms with E-state index in [1.54, 1.807) is 13.3 Å². The van der Waals surface area contributed by atoms with E-state index >= 15 is 0 Å². The molecule has 2 aromatic rings. The predicted octanol–water partition coefficient (Wildman–Crippen LogP) is 3.32. The summed E-state index contributed by atoms with van der Waals surface area (Å²) in [5.74, 6) is 2.07. The van der Waals surface area contributed by atoms with Crippen LogP contribution < -0.4 is 4.74 Å². The fourth-order valence-corrected chi connectivity index (χ4v) is 4.25. The average molecular weight is 322 g/mol. The third kappa shape index (κ3) is 2.42. The van der Waals surface area contributed by atoms with Gasteiger partial charge in [0, 0.05) is 23.7 Å². The lowest BCUT2D eigenvalue weighted by Crippen LogP contribution is -2.55. The molecule has 3 aliphatic heterocycles. The molecule has 1 aromatic carbocycles. The molecule has 3 saturated heterocycles. The average Bonchev–Trinajstić information content (AvgIpc) is 2.66. The molecule has 4 heteroatoms. The van der Waals surface area contributed by atoms with Gasteiger partial charge in [-0.25, -0.2) is 0 Å². The number of Topliss-reactive ketones (excluding diaryl/α,β-unsaturated/α-hetero) is 1. The molecule has 24 heavy (non-hydrogen) atoms. The maximum atomic E-state index is 13.3. The van der Waals surface area contributed by atoms with Gasteiger partial charge in [0.25, 0.3) is 0 Å². The van der Waals surface area contributed by atoms with Gasteiger partial charge in [-0.15, -0.1) is 6.58 Å². The number of ketones is 1. The first kappa shape index (κ1) is 15.3. The van der Waals surface area contributed by atoms with Crippen molar-refractivity contribution >= 4 is 16.7 Å². The normalized spacial score (nSPS) is 28.7. The number of fused-ring (bicyclic) bond motifs is 4.